The second kappa shape index (κ2) is 6.88. The van der Waals surface area contributed by atoms with E-state index in [0.717, 1.165) is 19.3 Å². The highest BCUT2D eigenvalue weighted by atomic mass is 16.6. The van der Waals surface area contributed by atoms with E-state index in [4.69, 9.17) is 18.9 Å². The highest BCUT2D eigenvalue weighted by Gasteiger charge is 2.67. The topological polar surface area (TPSA) is 71.1 Å². The van der Waals surface area contributed by atoms with Gasteiger partial charge in [-0.15, -0.1) is 0 Å². The van der Waals surface area contributed by atoms with E-state index in [9.17, 15) is 9.59 Å². The molecule has 3 fully saturated rings. The van der Waals surface area contributed by atoms with Gasteiger partial charge in [0.2, 0.25) is 0 Å². The maximum atomic E-state index is 11.6. The summed E-state index contributed by atoms with van der Waals surface area (Å²) in [4.78, 5) is 23.2. The number of carbonyl (C=O) groups excluding carboxylic acids is 2. The summed E-state index contributed by atoms with van der Waals surface area (Å²) in [6.45, 7) is 12.2. The van der Waals surface area contributed by atoms with Crippen molar-refractivity contribution in [3.63, 3.8) is 0 Å². The molecule has 2 bridgehead atoms. The summed E-state index contributed by atoms with van der Waals surface area (Å²) in [6, 6.07) is 0. The van der Waals surface area contributed by atoms with Crippen molar-refractivity contribution < 1.29 is 28.5 Å². The summed E-state index contributed by atoms with van der Waals surface area (Å²) in [7, 11) is 0. The number of carbonyl (C=O) groups is 2. The molecule has 0 aliphatic heterocycles. The Morgan fingerprint density at radius 1 is 0.720 bits per heavy atom. The molecule has 0 atom stereocenters. The summed E-state index contributed by atoms with van der Waals surface area (Å²) in [5, 5.41) is 0. The van der Waals surface area contributed by atoms with Crippen molar-refractivity contribution in [2.24, 2.45) is 10.8 Å². The van der Waals surface area contributed by atoms with E-state index in [1.54, 1.807) is 0 Å². The Kier molecular flexibility index (Phi) is 5.55. The number of hydrogen-bond donors (Lipinski definition) is 0. The molecule has 3 rings (SSSR count). The lowest BCUT2D eigenvalue weighted by atomic mass is 9.35. The van der Waals surface area contributed by atoms with E-state index in [0.29, 0.717) is 13.2 Å². The first-order valence-corrected chi connectivity index (χ1v) is 8.91. The van der Waals surface area contributed by atoms with Gasteiger partial charge >= 0.3 is 11.9 Å². The average molecular weight is 356 g/mol. The number of hydrogen-bond acceptors (Lipinski definition) is 6. The molecular weight excluding hydrogens is 324 g/mol. The van der Waals surface area contributed by atoms with E-state index >= 15 is 0 Å². The van der Waals surface area contributed by atoms with Crippen molar-refractivity contribution in [2.75, 3.05) is 26.4 Å². The van der Waals surface area contributed by atoms with Crippen LogP contribution in [0.3, 0.4) is 0 Å². The fraction of sp³-hybridized carbons (Fsp3) is 0.895. The molecule has 0 aromatic carbocycles. The molecule has 3 saturated carbocycles. The molecule has 144 valence electrons. The van der Waals surface area contributed by atoms with Crippen molar-refractivity contribution >= 4 is 11.9 Å². The normalized spacial score (nSPS) is 27.9. The van der Waals surface area contributed by atoms with E-state index in [2.05, 4.69) is 0 Å². The Morgan fingerprint density at radius 2 is 1.04 bits per heavy atom. The zero-order chi connectivity index (χ0) is 18.9. The highest BCUT2D eigenvalue weighted by Crippen LogP contribution is 2.73. The van der Waals surface area contributed by atoms with E-state index in [1.165, 1.54) is 0 Å². The fourth-order valence-electron chi connectivity index (χ4n) is 3.98. The van der Waals surface area contributed by atoms with Crippen molar-refractivity contribution in [2.45, 2.75) is 72.0 Å². The smallest absolute Gasteiger partial charge is 0.332 e. The monoisotopic (exact) mass is 356 g/mol. The zero-order valence-corrected chi connectivity index (χ0v) is 16.4. The molecule has 0 saturated heterocycles. The summed E-state index contributed by atoms with van der Waals surface area (Å²) in [5.74, 6) is -0.649. The Hall–Kier alpha value is -1.14. The third-order valence-electron chi connectivity index (χ3n) is 4.35. The van der Waals surface area contributed by atoms with Crippen LogP contribution in [-0.2, 0) is 28.5 Å². The highest BCUT2D eigenvalue weighted by molar-refractivity contribution is 5.71. The van der Waals surface area contributed by atoms with Gasteiger partial charge in [-0.1, -0.05) is 0 Å². The van der Waals surface area contributed by atoms with Gasteiger partial charge in [0, 0.05) is 0 Å². The van der Waals surface area contributed by atoms with Gasteiger partial charge in [0.1, 0.15) is 24.4 Å². The van der Waals surface area contributed by atoms with Crippen LogP contribution in [0.2, 0.25) is 0 Å². The van der Waals surface area contributed by atoms with Gasteiger partial charge in [-0.05, 0) is 71.6 Å². The molecular formula is C19H32O6. The first-order chi connectivity index (χ1) is 11.3. The lowest BCUT2D eigenvalue weighted by Crippen LogP contribution is -2.65. The average Bonchev–Trinajstić information content (AvgIpc) is 2.28. The van der Waals surface area contributed by atoms with Crippen LogP contribution in [0.5, 0.6) is 0 Å². The molecule has 3 aliphatic rings. The minimum atomic E-state index is -0.480. The SMILES string of the molecule is CC(C)(C)OC(=O)COCC12CC(COCC(=O)OC(C)(C)C)(C1)C2. The molecule has 0 spiro atoms. The quantitative estimate of drug-likeness (QED) is 0.623. The van der Waals surface area contributed by atoms with Gasteiger partial charge < -0.3 is 18.9 Å². The minimum Gasteiger partial charge on any atom is -0.458 e. The fourth-order valence-corrected chi connectivity index (χ4v) is 3.98. The first-order valence-electron chi connectivity index (χ1n) is 8.91. The number of ether oxygens (including phenoxy) is 4. The molecule has 0 radical (unpaired) electrons. The molecule has 0 amide bonds. The third-order valence-corrected chi connectivity index (χ3v) is 4.35. The molecule has 3 aliphatic carbocycles. The largest absolute Gasteiger partial charge is 0.458 e. The molecule has 6 heteroatoms. The van der Waals surface area contributed by atoms with Gasteiger partial charge in [-0.2, -0.15) is 0 Å². The predicted molar refractivity (Wildman–Crippen MR) is 92.0 cm³/mol. The minimum absolute atomic E-state index is 0.00115. The Morgan fingerprint density at radius 3 is 1.32 bits per heavy atom. The van der Waals surface area contributed by atoms with Crippen molar-refractivity contribution in [1.82, 2.24) is 0 Å². The van der Waals surface area contributed by atoms with Crippen LogP contribution in [0.15, 0.2) is 0 Å². The zero-order valence-electron chi connectivity index (χ0n) is 16.4. The van der Waals surface area contributed by atoms with Crippen LogP contribution in [-0.4, -0.2) is 49.6 Å². The lowest BCUT2D eigenvalue weighted by molar-refractivity contribution is -0.253. The Balaban J connectivity index is 1.56. The van der Waals surface area contributed by atoms with Gasteiger partial charge in [0.15, 0.2) is 0 Å². The standard InChI is InChI=1S/C19H32O6/c1-16(2,3)24-14(20)7-22-12-18-9-19(10-18,11-18)13-23-8-15(21)25-17(4,5)6/h7-13H2,1-6H3. The van der Waals surface area contributed by atoms with Crippen LogP contribution in [0.4, 0.5) is 0 Å². The number of esters is 2. The Bertz CT molecular complexity index is 447. The third kappa shape index (κ3) is 5.96. The maximum absolute atomic E-state index is 11.6. The summed E-state index contributed by atoms with van der Waals surface area (Å²) in [6.07, 6.45) is 3.09. The maximum Gasteiger partial charge on any atom is 0.332 e. The van der Waals surface area contributed by atoms with Crippen molar-refractivity contribution in [1.29, 1.82) is 0 Å². The molecule has 0 heterocycles. The second-order valence-electron chi connectivity index (χ2n) is 9.69. The van der Waals surface area contributed by atoms with E-state index in [-0.39, 0.29) is 36.0 Å². The molecule has 6 nitrogen and oxygen atoms in total. The van der Waals surface area contributed by atoms with Crippen molar-refractivity contribution in [3.8, 4) is 0 Å². The molecule has 25 heavy (non-hydrogen) atoms. The molecule has 0 unspecified atom stereocenters. The summed E-state index contributed by atoms with van der Waals surface area (Å²) < 4.78 is 21.5. The van der Waals surface area contributed by atoms with Crippen LogP contribution in [0.25, 0.3) is 0 Å². The molecule has 0 aromatic rings. The molecule has 0 aromatic heterocycles. The van der Waals surface area contributed by atoms with Gasteiger partial charge in [-0.25, -0.2) is 9.59 Å². The van der Waals surface area contributed by atoms with Crippen LogP contribution in [0, 0.1) is 10.8 Å². The van der Waals surface area contributed by atoms with Crippen molar-refractivity contribution in [3.05, 3.63) is 0 Å². The molecule has 0 N–H and O–H groups in total. The van der Waals surface area contributed by atoms with Crippen LogP contribution >= 0.6 is 0 Å². The van der Waals surface area contributed by atoms with E-state index < -0.39 is 11.2 Å². The number of rotatable bonds is 8. The van der Waals surface area contributed by atoms with Gasteiger partial charge in [-0.3, -0.25) is 0 Å². The van der Waals surface area contributed by atoms with Crippen LogP contribution in [0.1, 0.15) is 60.8 Å². The first kappa shape index (κ1) is 20.2. The van der Waals surface area contributed by atoms with Gasteiger partial charge in [0.25, 0.3) is 0 Å². The van der Waals surface area contributed by atoms with E-state index in [1.807, 2.05) is 41.5 Å². The Labute approximate surface area is 150 Å². The lowest BCUT2D eigenvalue weighted by Gasteiger charge is -2.70. The van der Waals surface area contributed by atoms with Crippen LogP contribution < -0.4 is 0 Å². The van der Waals surface area contributed by atoms with Gasteiger partial charge in [0.05, 0.1) is 13.2 Å². The summed E-state index contributed by atoms with van der Waals surface area (Å²) >= 11 is 0. The predicted octanol–water partition coefficient (Wildman–Crippen LogP) is 2.87. The summed E-state index contributed by atoms with van der Waals surface area (Å²) in [5.41, 5.74) is -0.576. The second-order valence-corrected chi connectivity index (χ2v) is 9.69.